The summed E-state index contributed by atoms with van der Waals surface area (Å²) in [5, 5.41) is 0. The first-order valence-corrected chi connectivity index (χ1v) is 3.71. The summed E-state index contributed by atoms with van der Waals surface area (Å²) >= 11 is 0. The molecule has 0 bridgehead atoms. The SMILES string of the molecule is O=S(=O)([O-])[O-].[NH-]CCC[NH-].[Pt+4]. The molecule has 0 atom stereocenters. The van der Waals surface area contributed by atoms with Crippen LogP contribution >= 0.6 is 0 Å². The van der Waals surface area contributed by atoms with E-state index < -0.39 is 10.4 Å². The largest absolute Gasteiger partial charge is 4.00 e. The third-order valence-corrected chi connectivity index (χ3v) is 0.354. The van der Waals surface area contributed by atoms with E-state index in [9.17, 15) is 0 Å². The molecule has 0 heterocycles. The van der Waals surface area contributed by atoms with Gasteiger partial charge in [-0.15, -0.1) is 0 Å². The molecule has 0 saturated carbocycles. The van der Waals surface area contributed by atoms with E-state index in [1.54, 1.807) is 0 Å². The van der Waals surface area contributed by atoms with Crippen molar-refractivity contribution in [1.82, 2.24) is 0 Å². The van der Waals surface area contributed by atoms with Crippen LogP contribution in [0.4, 0.5) is 0 Å². The minimum absolute atomic E-state index is 0. The van der Waals surface area contributed by atoms with E-state index in [4.69, 9.17) is 29.0 Å². The molecule has 0 rings (SSSR count). The molecule has 2 N–H and O–H groups in total. The third-order valence-electron chi connectivity index (χ3n) is 0.354. The van der Waals surface area contributed by atoms with Crippen molar-refractivity contribution in [2.24, 2.45) is 0 Å². The smallest absolute Gasteiger partial charge is 0.759 e. The maximum atomic E-state index is 8.52. The molecule has 0 aliphatic rings. The molecule has 0 spiro atoms. The number of nitrogens with one attached hydrogen (secondary N) is 2. The van der Waals surface area contributed by atoms with Gasteiger partial charge in [0.1, 0.15) is 0 Å². The first-order chi connectivity index (χ1) is 4.41. The van der Waals surface area contributed by atoms with Gasteiger partial charge >= 0.3 is 21.1 Å². The van der Waals surface area contributed by atoms with Gasteiger partial charge in [0, 0.05) is 10.4 Å². The van der Waals surface area contributed by atoms with Crippen LogP contribution in [0.2, 0.25) is 0 Å². The van der Waals surface area contributed by atoms with Gasteiger partial charge in [0.05, 0.1) is 0 Å². The van der Waals surface area contributed by atoms with E-state index in [0.717, 1.165) is 6.42 Å². The standard InChI is InChI=1S/C3H8N2.H2O4S.Pt/c4-2-1-3-5;1-5(2,3)4;/h4-5H,1-3H2;(H2,1,2,3,4);/q-2;;+4/p-2. The first kappa shape index (κ1) is 17.5. The number of hydrogen-bond donors (Lipinski definition) is 0. The average Bonchev–Trinajstić information content (AvgIpc) is 1.63. The zero-order valence-corrected chi connectivity index (χ0v) is 8.57. The zero-order chi connectivity index (χ0) is 8.62. The minimum Gasteiger partial charge on any atom is -0.759 e. The summed E-state index contributed by atoms with van der Waals surface area (Å²) in [5.74, 6) is 0. The molecule has 0 radical (unpaired) electrons. The Labute approximate surface area is 80.2 Å². The molecule has 0 fully saturated rings. The average molecular weight is 363 g/mol. The monoisotopic (exact) mass is 363 g/mol. The van der Waals surface area contributed by atoms with Gasteiger partial charge in [-0.3, -0.25) is 8.42 Å². The maximum Gasteiger partial charge on any atom is 4.00 e. The zero-order valence-electron chi connectivity index (χ0n) is 5.48. The molecule has 0 aliphatic heterocycles. The quantitative estimate of drug-likeness (QED) is 0.510. The fourth-order valence-corrected chi connectivity index (χ4v) is 0.0884. The van der Waals surface area contributed by atoms with Crippen molar-refractivity contribution in [2.75, 3.05) is 13.1 Å². The van der Waals surface area contributed by atoms with E-state index in [2.05, 4.69) is 0 Å². The van der Waals surface area contributed by atoms with Crippen LogP contribution in [0.5, 0.6) is 0 Å². The van der Waals surface area contributed by atoms with Crippen molar-refractivity contribution in [1.29, 1.82) is 0 Å². The maximum absolute atomic E-state index is 8.52. The Bertz CT molecular complexity index is 137. The van der Waals surface area contributed by atoms with Crippen LogP contribution in [0.15, 0.2) is 0 Å². The molecular formula is C3H8N2O4PtS. The van der Waals surface area contributed by atoms with Crippen LogP contribution in [0.1, 0.15) is 6.42 Å². The molecular weight excluding hydrogens is 355 g/mol. The predicted molar refractivity (Wildman–Crippen MR) is 33.5 cm³/mol. The third kappa shape index (κ3) is 123. The fourth-order valence-electron chi connectivity index (χ4n) is 0.0884. The summed E-state index contributed by atoms with van der Waals surface area (Å²) in [5.41, 5.74) is 13.0. The molecule has 0 saturated heterocycles. The summed E-state index contributed by atoms with van der Waals surface area (Å²) in [7, 11) is -5.17. The fraction of sp³-hybridized carbons (Fsp3) is 1.00. The van der Waals surface area contributed by atoms with Gasteiger partial charge in [-0.2, -0.15) is 13.1 Å². The van der Waals surface area contributed by atoms with E-state index in [1.807, 2.05) is 0 Å². The Morgan fingerprint density at radius 1 is 1.09 bits per heavy atom. The van der Waals surface area contributed by atoms with Crippen LogP contribution < -0.4 is 0 Å². The van der Waals surface area contributed by atoms with Crippen molar-refractivity contribution in [2.45, 2.75) is 6.42 Å². The van der Waals surface area contributed by atoms with E-state index in [1.165, 1.54) is 0 Å². The summed E-state index contributed by atoms with van der Waals surface area (Å²) in [6.07, 6.45) is 0.722. The first-order valence-electron chi connectivity index (χ1n) is 2.37. The second-order valence-electron chi connectivity index (χ2n) is 1.26. The minimum atomic E-state index is -5.17. The Hall–Kier alpha value is 0.478. The summed E-state index contributed by atoms with van der Waals surface area (Å²) in [6.45, 7) is 0.812. The molecule has 0 aromatic rings. The van der Waals surface area contributed by atoms with Crippen LogP contribution in [-0.2, 0) is 31.5 Å². The Balaban J connectivity index is -0.000000107. The summed E-state index contributed by atoms with van der Waals surface area (Å²) in [4.78, 5) is 0. The van der Waals surface area contributed by atoms with Crippen molar-refractivity contribution >= 4 is 10.4 Å². The molecule has 0 aromatic carbocycles. The van der Waals surface area contributed by atoms with Crippen molar-refractivity contribution < 1.29 is 38.6 Å². The van der Waals surface area contributed by atoms with E-state index in [-0.39, 0.29) is 21.1 Å². The summed E-state index contributed by atoms with van der Waals surface area (Å²) in [6, 6.07) is 0. The van der Waals surface area contributed by atoms with Gasteiger partial charge in [-0.1, -0.05) is 6.42 Å². The Kier molecular flexibility index (Phi) is 16.7. The second-order valence-corrected chi connectivity index (χ2v) is 2.08. The Morgan fingerprint density at radius 2 is 1.27 bits per heavy atom. The van der Waals surface area contributed by atoms with Crippen LogP contribution in [0.3, 0.4) is 0 Å². The van der Waals surface area contributed by atoms with Crippen LogP contribution in [0, 0.1) is 0 Å². The molecule has 0 amide bonds. The molecule has 0 unspecified atom stereocenters. The van der Waals surface area contributed by atoms with Crippen molar-refractivity contribution in [3.05, 3.63) is 11.5 Å². The predicted octanol–water partition coefficient (Wildman–Crippen LogP) is 0.140. The second kappa shape index (κ2) is 10.5. The molecule has 8 heteroatoms. The topological polar surface area (TPSA) is 128 Å². The van der Waals surface area contributed by atoms with Crippen molar-refractivity contribution in [3.8, 4) is 0 Å². The van der Waals surface area contributed by atoms with Crippen LogP contribution in [-0.4, -0.2) is 30.6 Å². The van der Waals surface area contributed by atoms with Gasteiger partial charge in [0.25, 0.3) is 0 Å². The van der Waals surface area contributed by atoms with Crippen LogP contribution in [0.25, 0.3) is 11.5 Å². The van der Waals surface area contributed by atoms with Gasteiger partial charge in [-0.25, -0.2) is 0 Å². The number of hydrogen-bond acceptors (Lipinski definition) is 4. The van der Waals surface area contributed by atoms with Gasteiger partial charge < -0.3 is 20.6 Å². The molecule has 6 nitrogen and oxygen atoms in total. The normalized spacial score (nSPS) is 9.09. The summed E-state index contributed by atoms with van der Waals surface area (Å²) < 4.78 is 34.1. The molecule has 70 valence electrons. The van der Waals surface area contributed by atoms with Gasteiger partial charge in [0.15, 0.2) is 0 Å². The van der Waals surface area contributed by atoms with E-state index in [0.29, 0.717) is 13.1 Å². The molecule has 0 aromatic heterocycles. The van der Waals surface area contributed by atoms with Gasteiger partial charge in [-0.05, 0) is 0 Å². The molecule has 11 heavy (non-hydrogen) atoms. The van der Waals surface area contributed by atoms with E-state index >= 15 is 0 Å². The van der Waals surface area contributed by atoms with Crippen molar-refractivity contribution in [3.63, 3.8) is 0 Å². The van der Waals surface area contributed by atoms with Gasteiger partial charge in [0.2, 0.25) is 0 Å². The molecule has 0 aliphatic carbocycles. The number of rotatable bonds is 2. The Morgan fingerprint density at radius 3 is 1.27 bits per heavy atom.